The molecule has 1 aromatic heterocycles. The van der Waals surface area contributed by atoms with Crippen LogP contribution >= 0.6 is 0 Å². The van der Waals surface area contributed by atoms with Gasteiger partial charge in [-0.3, -0.25) is 9.59 Å². The molecule has 0 saturated carbocycles. The molecule has 1 N–H and O–H groups in total. The third-order valence-electron chi connectivity index (χ3n) is 3.59. The number of para-hydroxylation sites is 1. The summed E-state index contributed by atoms with van der Waals surface area (Å²) in [5, 5.41) is 3.10. The van der Waals surface area contributed by atoms with Gasteiger partial charge in [-0.15, -0.1) is 0 Å². The molecular formula is C20H25N3O4. The number of hydrogen-bond acceptors (Lipinski definition) is 7. The van der Waals surface area contributed by atoms with Gasteiger partial charge in [-0.25, -0.2) is 9.97 Å². The fourth-order valence-corrected chi connectivity index (χ4v) is 2.53. The summed E-state index contributed by atoms with van der Waals surface area (Å²) in [6.45, 7) is 8.80. The third-order valence-corrected chi connectivity index (χ3v) is 3.59. The summed E-state index contributed by atoms with van der Waals surface area (Å²) in [5.74, 6) is -2.15. The van der Waals surface area contributed by atoms with Crippen molar-refractivity contribution in [2.45, 2.75) is 52.7 Å². The maximum atomic E-state index is 12.7. The Morgan fingerprint density at radius 1 is 0.926 bits per heavy atom. The summed E-state index contributed by atoms with van der Waals surface area (Å²) < 4.78 is 10.6. The van der Waals surface area contributed by atoms with E-state index in [9.17, 15) is 9.59 Å². The van der Waals surface area contributed by atoms with Crippen molar-refractivity contribution in [3.8, 4) is 0 Å². The molecule has 0 spiro atoms. The summed E-state index contributed by atoms with van der Waals surface area (Å²) in [6.07, 6.45) is 2.49. The standard InChI is InChI=1S/C20H25N3O4/c1-12(2)26-18(24)16(19(25)27-13(3)4)15-9-6-8-14(5)17(15)23-20-21-10-7-11-22-20/h6-13,16H,1-5H3,(H,21,22,23). The second-order valence-electron chi connectivity index (χ2n) is 6.64. The Hall–Kier alpha value is -2.96. The normalized spacial score (nSPS) is 11.0. The van der Waals surface area contributed by atoms with E-state index in [-0.39, 0.29) is 12.2 Å². The van der Waals surface area contributed by atoms with Crippen molar-refractivity contribution in [3.05, 3.63) is 47.8 Å². The molecule has 0 aliphatic carbocycles. The van der Waals surface area contributed by atoms with E-state index in [2.05, 4.69) is 15.3 Å². The number of aromatic nitrogens is 2. The average molecular weight is 371 g/mol. The molecule has 0 unspecified atom stereocenters. The number of benzene rings is 1. The van der Waals surface area contributed by atoms with Crippen molar-refractivity contribution >= 4 is 23.6 Å². The maximum absolute atomic E-state index is 12.7. The highest BCUT2D eigenvalue weighted by atomic mass is 16.6. The van der Waals surface area contributed by atoms with Crippen LogP contribution in [0, 0.1) is 6.92 Å². The molecule has 0 radical (unpaired) electrons. The second kappa shape index (κ2) is 9.12. The van der Waals surface area contributed by atoms with Crippen LogP contribution in [0.5, 0.6) is 0 Å². The van der Waals surface area contributed by atoms with Gasteiger partial charge in [0.05, 0.1) is 12.2 Å². The summed E-state index contributed by atoms with van der Waals surface area (Å²) in [7, 11) is 0. The minimum Gasteiger partial charge on any atom is -0.462 e. The Morgan fingerprint density at radius 3 is 2.00 bits per heavy atom. The van der Waals surface area contributed by atoms with E-state index in [4.69, 9.17) is 9.47 Å². The Kier molecular flexibility index (Phi) is 6.87. The van der Waals surface area contributed by atoms with Gasteiger partial charge in [0.2, 0.25) is 5.95 Å². The lowest BCUT2D eigenvalue weighted by Gasteiger charge is -2.22. The van der Waals surface area contributed by atoms with Gasteiger partial charge in [-0.1, -0.05) is 18.2 Å². The number of aryl methyl sites for hydroxylation is 1. The number of rotatable bonds is 7. The number of carbonyl (C=O) groups excluding carboxylic acids is 2. The van der Waals surface area contributed by atoms with Gasteiger partial charge in [0.15, 0.2) is 5.92 Å². The van der Waals surface area contributed by atoms with Crippen LogP contribution in [0.25, 0.3) is 0 Å². The van der Waals surface area contributed by atoms with Crippen molar-refractivity contribution in [1.29, 1.82) is 0 Å². The second-order valence-corrected chi connectivity index (χ2v) is 6.64. The van der Waals surface area contributed by atoms with Crippen LogP contribution in [0.4, 0.5) is 11.6 Å². The number of ether oxygens (including phenoxy) is 2. The van der Waals surface area contributed by atoms with Gasteiger partial charge in [0, 0.05) is 23.6 Å². The molecule has 2 aromatic rings. The van der Waals surface area contributed by atoms with Gasteiger partial charge in [0.25, 0.3) is 0 Å². The molecule has 0 saturated heterocycles. The molecule has 27 heavy (non-hydrogen) atoms. The highest BCUT2D eigenvalue weighted by molar-refractivity contribution is 6.02. The molecule has 0 atom stereocenters. The van der Waals surface area contributed by atoms with Crippen LogP contribution in [-0.4, -0.2) is 34.1 Å². The Morgan fingerprint density at radius 2 is 1.48 bits per heavy atom. The molecule has 0 aliphatic heterocycles. The summed E-state index contributed by atoms with van der Waals surface area (Å²) >= 11 is 0. The molecule has 2 rings (SSSR count). The monoisotopic (exact) mass is 371 g/mol. The van der Waals surface area contributed by atoms with Gasteiger partial charge in [0.1, 0.15) is 0 Å². The third kappa shape index (κ3) is 5.51. The van der Waals surface area contributed by atoms with Crippen LogP contribution in [0.3, 0.4) is 0 Å². The summed E-state index contributed by atoms with van der Waals surface area (Å²) in [4.78, 5) is 33.7. The highest BCUT2D eigenvalue weighted by Crippen LogP contribution is 2.32. The summed E-state index contributed by atoms with van der Waals surface area (Å²) in [5.41, 5.74) is 1.87. The first kappa shape index (κ1) is 20.4. The number of esters is 2. The molecule has 144 valence electrons. The van der Waals surface area contributed by atoms with Gasteiger partial charge in [-0.2, -0.15) is 0 Å². The zero-order valence-corrected chi connectivity index (χ0v) is 16.2. The van der Waals surface area contributed by atoms with Crippen molar-refractivity contribution in [1.82, 2.24) is 9.97 Å². The highest BCUT2D eigenvalue weighted by Gasteiger charge is 2.35. The van der Waals surface area contributed by atoms with Crippen molar-refractivity contribution in [2.75, 3.05) is 5.32 Å². The van der Waals surface area contributed by atoms with E-state index < -0.39 is 17.9 Å². The van der Waals surface area contributed by atoms with E-state index in [1.54, 1.807) is 58.3 Å². The molecule has 0 aliphatic rings. The van der Waals surface area contributed by atoms with Crippen LogP contribution in [0.1, 0.15) is 44.7 Å². The van der Waals surface area contributed by atoms with Crippen molar-refractivity contribution in [3.63, 3.8) is 0 Å². The predicted molar refractivity (Wildman–Crippen MR) is 102 cm³/mol. The number of anilines is 2. The van der Waals surface area contributed by atoms with Crippen LogP contribution in [0.15, 0.2) is 36.7 Å². The molecule has 0 fully saturated rings. The Balaban J connectivity index is 2.49. The lowest BCUT2D eigenvalue weighted by atomic mass is 9.94. The van der Waals surface area contributed by atoms with Crippen LogP contribution < -0.4 is 5.32 Å². The minimum absolute atomic E-state index is 0.356. The van der Waals surface area contributed by atoms with Crippen molar-refractivity contribution < 1.29 is 19.1 Å². The van der Waals surface area contributed by atoms with E-state index in [1.807, 2.05) is 13.0 Å². The number of hydrogen-bond donors (Lipinski definition) is 1. The quantitative estimate of drug-likeness (QED) is 0.588. The fraction of sp³-hybridized carbons (Fsp3) is 0.400. The summed E-state index contributed by atoms with van der Waals surface area (Å²) in [6, 6.07) is 7.05. The molecule has 7 heteroatoms. The van der Waals surface area contributed by atoms with Crippen molar-refractivity contribution in [2.24, 2.45) is 0 Å². The molecule has 0 amide bonds. The molecular weight excluding hydrogens is 346 g/mol. The molecule has 1 heterocycles. The molecule has 7 nitrogen and oxygen atoms in total. The average Bonchev–Trinajstić information content (AvgIpc) is 2.57. The van der Waals surface area contributed by atoms with Gasteiger partial charge < -0.3 is 14.8 Å². The predicted octanol–water partition coefficient (Wildman–Crippen LogP) is 3.52. The van der Waals surface area contributed by atoms with Gasteiger partial charge >= 0.3 is 11.9 Å². The SMILES string of the molecule is Cc1cccc(C(C(=O)OC(C)C)C(=O)OC(C)C)c1Nc1ncccn1. The zero-order valence-electron chi connectivity index (χ0n) is 16.2. The molecule has 0 bridgehead atoms. The minimum atomic E-state index is -1.21. The fourth-order valence-electron chi connectivity index (χ4n) is 2.53. The first-order valence-electron chi connectivity index (χ1n) is 8.84. The van der Waals surface area contributed by atoms with E-state index in [0.717, 1.165) is 5.56 Å². The zero-order chi connectivity index (χ0) is 20.0. The Bertz CT molecular complexity index is 769. The largest absolute Gasteiger partial charge is 0.462 e. The van der Waals surface area contributed by atoms with Gasteiger partial charge in [-0.05, 0) is 46.2 Å². The Labute approximate surface area is 159 Å². The molecule has 1 aromatic carbocycles. The number of nitrogens with zero attached hydrogens (tertiary/aromatic N) is 2. The maximum Gasteiger partial charge on any atom is 0.325 e. The first-order valence-corrected chi connectivity index (χ1v) is 8.84. The van der Waals surface area contributed by atoms with E-state index in [1.165, 1.54) is 0 Å². The lowest BCUT2D eigenvalue weighted by Crippen LogP contribution is -2.30. The number of nitrogens with one attached hydrogen (secondary N) is 1. The number of carbonyl (C=O) groups is 2. The van der Waals surface area contributed by atoms with E-state index in [0.29, 0.717) is 17.2 Å². The topological polar surface area (TPSA) is 90.4 Å². The van der Waals surface area contributed by atoms with Crippen LogP contribution in [-0.2, 0) is 19.1 Å². The smallest absolute Gasteiger partial charge is 0.325 e. The first-order chi connectivity index (χ1) is 12.8. The van der Waals surface area contributed by atoms with Crippen LogP contribution in [0.2, 0.25) is 0 Å². The van der Waals surface area contributed by atoms with E-state index >= 15 is 0 Å². The lowest BCUT2D eigenvalue weighted by molar-refractivity contribution is -0.161.